The fourth-order valence-electron chi connectivity index (χ4n) is 2.67. The Morgan fingerprint density at radius 1 is 1.10 bits per heavy atom. The smallest absolute Gasteiger partial charge is 0.0900 e. The van der Waals surface area contributed by atoms with Crippen LogP contribution in [0.3, 0.4) is 0 Å². The third-order valence-corrected chi connectivity index (χ3v) is 3.85. The number of rotatable bonds is 7. The summed E-state index contributed by atoms with van der Waals surface area (Å²) in [6.07, 6.45) is 0.753. The number of hydrogen-bond donors (Lipinski definition) is 1. The molecule has 0 spiro atoms. The summed E-state index contributed by atoms with van der Waals surface area (Å²) in [5.41, 5.74) is 1.41. The number of nitrogens with zero attached hydrogens (tertiary/aromatic N) is 2. The minimum atomic E-state index is -0.365. The zero-order valence-corrected chi connectivity index (χ0v) is 12.4. The lowest BCUT2D eigenvalue weighted by molar-refractivity contribution is 0.0241. The molecule has 1 unspecified atom stereocenters. The minimum Gasteiger partial charge on any atom is -0.389 e. The summed E-state index contributed by atoms with van der Waals surface area (Å²) in [4.78, 5) is 4.83. The third kappa shape index (κ3) is 5.21. The average molecular weight is 278 g/mol. The first kappa shape index (κ1) is 15.4. The first-order valence-corrected chi connectivity index (χ1v) is 7.43. The molecule has 4 nitrogen and oxygen atoms in total. The highest BCUT2D eigenvalue weighted by molar-refractivity contribution is 5.14. The van der Waals surface area contributed by atoms with E-state index >= 15 is 0 Å². The van der Waals surface area contributed by atoms with Gasteiger partial charge in [-0.25, -0.2) is 0 Å². The van der Waals surface area contributed by atoms with Gasteiger partial charge in [-0.15, -0.1) is 0 Å². The summed E-state index contributed by atoms with van der Waals surface area (Å²) >= 11 is 0. The van der Waals surface area contributed by atoms with Crippen molar-refractivity contribution in [1.29, 1.82) is 0 Å². The van der Waals surface area contributed by atoms with Crippen LogP contribution in [-0.4, -0.2) is 74.0 Å². The number of methoxy groups -OCH3 is 1. The molecule has 1 fully saturated rings. The number of aliphatic hydroxyl groups excluding tert-OH is 1. The molecule has 2 rings (SSSR count). The Kier molecular flexibility index (Phi) is 6.47. The maximum Gasteiger partial charge on any atom is 0.0900 e. The molecule has 1 atom stereocenters. The number of hydrogen-bond acceptors (Lipinski definition) is 4. The molecule has 20 heavy (non-hydrogen) atoms. The third-order valence-electron chi connectivity index (χ3n) is 3.85. The van der Waals surface area contributed by atoms with Gasteiger partial charge in [0.2, 0.25) is 0 Å². The highest BCUT2D eigenvalue weighted by Crippen LogP contribution is 2.06. The van der Waals surface area contributed by atoms with Crippen molar-refractivity contribution in [3.05, 3.63) is 35.9 Å². The van der Waals surface area contributed by atoms with Gasteiger partial charge in [0.05, 0.1) is 12.7 Å². The molecule has 1 aliphatic rings. The highest BCUT2D eigenvalue weighted by Gasteiger charge is 2.18. The Labute approximate surface area is 122 Å². The largest absolute Gasteiger partial charge is 0.389 e. The lowest BCUT2D eigenvalue weighted by atomic mass is 10.1. The van der Waals surface area contributed by atoms with E-state index in [4.69, 9.17) is 4.74 Å². The molecule has 4 heteroatoms. The van der Waals surface area contributed by atoms with Crippen molar-refractivity contribution in [2.75, 3.05) is 53.0 Å². The van der Waals surface area contributed by atoms with Gasteiger partial charge >= 0.3 is 0 Å². The molecule has 0 amide bonds. The topological polar surface area (TPSA) is 35.9 Å². The van der Waals surface area contributed by atoms with Crippen molar-refractivity contribution < 1.29 is 9.84 Å². The van der Waals surface area contributed by atoms with Gasteiger partial charge in [-0.05, 0) is 12.0 Å². The van der Waals surface area contributed by atoms with Crippen molar-refractivity contribution in [3.8, 4) is 0 Å². The van der Waals surface area contributed by atoms with Crippen LogP contribution >= 0.6 is 0 Å². The van der Waals surface area contributed by atoms with Crippen molar-refractivity contribution in [3.63, 3.8) is 0 Å². The van der Waals surface area contributed by atoms with Crippen molar-refractivity contribution in [2.24, 2.45) is 0 Å². The standard InChI is InChI=1S/C16H26N2O2/c1-20-14-16(19)13-18-11-9-17(10-12-18)8-7-15-5-3-2-4-6-15/h2-6,16,19H,7-14H2,1H3. The fourth-order valence-corrected chi connectivity index (χ4v) is 2.67. The molecule has 1 aromatic rings. The lowest BCUT2D eigenvalue weighted by Crippen LogP contribution is -2.49. The number of piperazine rings is 1. The van der Waals surface area contributed by atoms with Crippen molar-refractivity contribution >= 4 is 0 Å². The lowest BCUT2D eigenvalue weighted by Gasteiger charge is -2.35. The minimum absolute atomic E-state index is 0.365. The van der Waals surface area contributed by atoms with Crippen LogP contribution in [0.2, 0.25) is 0 Å². The van der Waals surface area contributed by atoms with Crippen molar-refractivity contribution in [1.82, 2.24) is 9.80 Å². The highest BCUT2D eigenvalue weighted by atomic mass is 16.5. The van der Waals surface area contributed by atoms with Crippen molar-refractivity contribution in [2.45, 2.75) is 12.5 Å². The van der Waals surface area contributed by atoms with Gasteiger partial charge in [0.25, 0.3) is 0 Å². The van der Waals surface area contributed by atoms with Gasteiger partial charge < -0.3 is 14.7 Å². The van der Waals surface area contributed by atoms with Gasteiger partial charge in [0.1, 0.15) is 0 Å². The van der Waals surface area contributed by atoms with Gasteiger partial charge in [0.15, 0.2) is 0 Å². The van der Waals surface area contributed by atoms with E-state index in [1.807, 2.05) is 0 Å². The monoisotopic (exact) mass is 278 g/mol. The summed E-state index contributed by atoms with van der Waals surface area (Å²) < 4.78 is 4.97. The molecule has 0 radical (unpaired) electrons. The Bertz CT molecular complexity index is 364. The first-order chi connectivity index (χ1) is 9.78. The second kappa shape index (κ2) is 8.37. The molecule has 0 bridgehead atoms. The van der Waals surface area contributed by atoms with E-state index in [9.17, 15) is 5.11 Å². The number of ether oxygens (including phenoxy) is 1. The Balaban J connectivity index is 1.64. The van der Waals surface area contributed by atoms with Crippen LogP contribution in [0, 0.1) is 0 Å². The molecular formula is C16H26N2O2. The quantitative estimate of drug-likeness (QED) is 0.802. The average Bonchev–Trinajstić information content (AvgIpc) is 2.48. The predicted octanol–water partition coefficient (Wildman–Crippen LogP) is 0.854. The van der Waals surface area contributed by atoms with Gasteiger partial charge in [-0.3, -0.25) is 4.90 Å². The molecule has 1 heterocycles. The summed E-state index contributed by atoms with van der Waals surface area (Å²) in [6, 6.07) is 10.7. The summed E-state index contributed by atoms with van der Waals surface area (Å²) in [6.45, 7) is 6.53. The number of β-amino-alcohol motifs (C(OH)–C–C–N with tert-alkyl or cyclic N) is 1. The molecule has 1 N–H and O–H groups in total. The Hall–Kier alpha value is -0.940. The van der Waals surface area contributed by atoms with E-state index < -0.39 is 0 Å². The first-order valence-electron chi connectivity index (χ1n) is 7.43. The SMILES string of the molecule is COCC(O)CN1CCN(CCc2ccccc2)CC1. The van der Waals surface area contributed by atoms with E-state index in [1.54, 1.807) is 7.11 Å². The second-order valence-corrected chi connectivity index (χ2v) is 5.49. The molecule has 0 aromatic heterocycles. The molecule has 1 saturated heterocycles. The molecule has 1 aromatic carbocycles. The predicted molar refractivity (Wildman–Crippen MR) is 80.9 cm³/mol. The fraction of sp³-hybridized carbons (Fsp3) is 0.625. The molecular weight excluding hydrogens is 252 g/mol. The molecule has 0 aliphatic carbocycles. The zero-order valence-electron chi connectivity index (χ0n) is 12.4. The molecule has 1 aliphatic heterocycles. The summed E-state index contributed by atoms with van der Waals surface area (Å²) in [7, 11) is 1.63. The van der Waals surface area contributed by atoms with Gasteiger partial charge in [-0.1, -0.05) is 30.3 Å². The van der Waals surface area contributed by atoms with Gasteiger partial charge in [0, 0.05) is 46.4 Å². The van der Waals surface area contributed by atoms with Crippen LogP contribution in [0.4, 0.5) is 0 Å². The summed E-state index contributed by atoms with van der Waals surface area (Å²) in [5, 5.41) is 9.74. The second-order valence-electron chi connectivity index (χ2n) is 5.49. The summed E-state index contributed by atoms with van der Waals surface area (Å²) in [5.74, 6) is 0. The van der Waals surface area contributed by atoms with Crippen LogP contribution in [0.25, 0.3) is 0 Å². The van der Waals surface area contributed by atoms with E-state index in [0.717, 1.165) is 45.7 Å². The molecule has 112 valence electrons. The van der Waals surface area contributed by atoms with E-state index in [2.05, 4.69) is 40.1 Å². The number of benzene rings is 1. The Morgan fingerprint density at radius 2 is 1.75 bits per heavy atom. The van der Waals surface area contributed by atoms with Crippen LogP contribution in [-0.2, 0) is 11.2 Å². The van der Waals surface area contributed by atoms with Crippen LogP contribution < -0.4 is 0 Å². The van der Waals surface area contributed by atoms with Crippen LogP contribution in [0.5, 0.6) is 0 Å². The zero-order chi connectivity index (χ0) is 14.2. The van der Waals surface area contributed by atoms with Crippen LogP contribution in [0.15, 0.2) is 30.3 Å². The maximum absolute atomic E-state index is 9.74. The number of aliphatic hydroxyl groups is 1. The Morgan fingerprint density at radius 3 is 2.40 bits per heavy atom. The van der Waals surface area contributed by atoms with E-state index in [0.29, 0.717) is 6.61 Å². The maximum atomic E-state index is 9.74. The van der Waals surface area contributed by atoms with E-state index in [-0.39, 0.29) is 6.10 Å². The normalized spacial score (nSPS) is 19.1. The van der Waals surface area contributed by atoms with E-state index in [1.165, 1.54) is 5.56 Å². The van der Waals surface area contributed by atoms with Gasteiger partial charge in [-0.2, -0.15) is 0 Å². The van der Waals surface area contributed by atoms with Crippen LogP contribution in [0.1, 0.15) is 5.56 Å². The molecule has 0 saturated carbocycles.